The van der Waals surface area contributed by atoms with E-state index in [0.29, 0.717) is 41.5 Å². The lowest BCUT2D eigenvalue weighted by Crippen LogP contribution is -2.29. The highest BCUT2D eigenvalue weighted by molar-refractivity contribution is 7.17. The zero-order valence-electron chi connectivity index (χ0n) is 23.1. The fraction of sp³-hybridized carbons (Fsp3) is 0.194. The molecule has 0 radical (unpaired) electrons. The molecule has 2 aromatic carbocycles. The van der Waals surface area contributed by atoms with Crippen molar-refractivity contribution < 1.29 is 33.7 Å². The van der Waals surface area contributed by atoms with E-state index < -0.39 is 23.7 Å². The largest absolute Gasteiger partial charge is 0.507 e. The normalized spacial score (nSPS) is 16.0. The second-order valence-corrected chi connectivity index (χ2v) is 10.2. The zero-order chi connectivity index (χ0) is 29.8. The van der Waals surface area contributed by atoms with Crippen LogP contribution < -0.4 is 14.4 Å². The van der Waals surface area contributed by atoms with Crippen LogP contribution in [0.15, 0.2) is 78.6 Å². The van der Waals surface area contributed by atoms with Crippen molar-refractivity contribution in [3.63, 3.8) is 0 Å². The van der Waals surface area contributed by atoms with Crippen molar-refractivity contribution in [1.82, 2.24) is 9.97 Å². The number of nitrogens with zero attached hydrogens (tertiary/aromatic N) is 3. The van der Waals surface area contributed by atoms with Gasteiger partial charge in [-0.25, -0.2) is 9.78 Å². The average molecular weight is 586 g/mol. The first-order valence-electron chi connectivity index (χ1n) is 13.0. The predicted octanol–water partition coefficient (Wildman–Crippen LogP) is 5.24. The van der Waals surface area contributed by atoms with Crippen LogP contribution in [0, 0.1) is 6.92 Å². The maximum atomic E-state index is 13.5. The Morgan fingerprint density at radius 1 is 1.02 bits per heavy atom. The summed E-state index contributed by atoms with van der Waals surface area (Å²) in [6.07, 6.45) is 2.94. The van der Waals surface area contributed by atoms with Gasteiger partial charge >= 0.3 is 11.9 Å². The van der Waals surface area contributed by atoms with E-state index in [1.165, 1.54) is 36.5 Å². The van der Waals surface area contributed by atoms with Gasteiger partial charge in [0, 0.05) is 18.0 Å². The van der Waals surface area contributed by atoms with Crippen molar-refractivity contribution in [2.75, 3.05) is 18.6 Å². The third kappa shape index (κ3) is 5.46. The second-order valence-electron chi connectivity index (χ2n) is 9.22. The van der Waals surface area contributed by atoms with Crippen LogP contribution in [0.5, 0.6) is 11.5 Å². The first kappa shape index (κ1) is 28.5. The summed E-state index contributed by atoms with van der Waals surface area (Å²) in [5.74, 6) is -1.92. The third-order valence-corrected chi connectivity index (χ3v) is 7.72. The zero-order valence-corrected chi connectivity index (χ0v) is 23.9. The lowest BCUT2D eigenvalue weighted by molar-refractivity contribution is -0.132. The molecule has 1 aliphatic rings. The van der Waals surface area contributed by atoms with Crippen molar-refractivity contribution in [2.24, 2.45) is 0 Å². The monoisotopic (exact) mass is 585 g/mol. The number of hydrogen-bond donors (Lipinski definition) is 1. The van der Waals surface area contributed by atoms with E-state index in [0.717, 1.165) is 16.9 Å². The Balaban J connectivity index is 1.64. The second kappa shape index (κ2) is 12.2. The van der Waals surface area contributed by atoms with Crippen molar-refractivity contribution in [3.05, 3.63) is 106 Å². The van der Waals surface area contributed by atoms with Gasteiger partial charge in [0.2, 0.25) is 0 Å². The van der Waals surface area contributed by atoms with Crippen LogP contribution in [0.1, 0.15) is 45.0 Å². The highest BCUT2D eigenvalue weighted by Crippen LogP contribution is 2.45. The van der Waals surface area contributed by atoms with Crippen LogP contribution in [0.3, 0.4) is 0 Å². The number of aliphatic hydroxyl groups excluding tert-OH is 1. The molecule has 1 aliphatic heterocycles. The van der Waals surface area contributed by atoms with Crippen molar-refractivity contribution in [2.45, 2.75) is 26.5 Å². The van der Waals surface area contributed by atoms with Gasteiger partial charge in [0.1, 0.15) is 17.2 Å². The number of rotatable bonds is 9. The predicted molar refractivity (Wildman–Crippen MR) is 156 cm³/mol. The minimum Gasteiger partial charge on any atom is -0.507 e. The molecule has 1 unspecified atom stereocenters. The SMILES string of the molecule is CCOc1cc(C2C(=C(O)c3ccncc3)C(=O)C(=O)N2c2nc(C)c(C(=O)OC)s2)ccc1OCc1ccccc1. The average Bonchev–Trinajstić information content (AvgIpc) is 3.52. The molecule has 10 nitrogen and oxygen atoms in total. The number of ketones is 1. The standard InChI is InChI=1S/C31H27N3O7S/c1-4-40-23-16-21(10-11-22(23)41-17-19-8-6-5-7-9-19)25-24(26(35)20-12-14-32-15-13-20)27(36)29(37)34(25)31-33-18(2)28(42-31)30(38)39-3/h5-16,25,35H,4,17H2,1-3H3. The van der Waals surface area contributed by atoms with E-state index in [2.05, 4.69) is 9.97 Å². The van der Waals surface area contributed by atoms with Crippen LogP contribution in [0.4, 0.5) is 5.13 Å². The van der Waals surface area contributed by atoms with Gasteiger partial charge in [0.25, 0.3) is 5.78 Å². The molecule has 5 rings (SSSR count). The van der Waals surface area contributed by atoms with Gasteiger partial charge in [0.05, 0.1) is 31.0 Å². The quantitative estimate of drug-likeness (QED) is 0.121. The molecule has 214 valence electrons. The summed E-state index contributed by atoms with van der Waals surface area (Å²) >= 11 is 0.924. The number of amides is 1. The molecule has 2 aromatic heterocycles. The number of carbonyl (C=O) groups is 3. The summed E-state index contributed by atoms with van der Waals surface area (Å²) in [4.78, 5) is 49.2. The van der Waals surface area contributed by atoms with Gasteiger partial charge in [-0.15, -0.1) is 0 Å². The highest BCUT2D eigenvalue weighted by Gasteiger charge is 2.48. The maximum Gasteiger partial charge on any atom is 0.350 e. The van der Waals surface area contributed by atoms with E-state index in [4.69, 9.17) is 14.2 Å². The van der Waals surface area contributed by atoms with Crippen LogP contribution in [-0.2, 0) is 20.9 Å². The molecule has 0 bridgehead atoms. The van der Waals surface area contributed by atoms with Crippen molar-refractivity contribution in [3.8, 4) is 11.5 Å². The first-order chi connectivity index (χ1) is 20.3. The number of aryl methyl sites for hydroxylation is 1. The summed E-state index contributed by atoms with van der Waals surface area (Å²) in [5, 5.41) is 11.4. The third-order valence-electron chi connectivity index (χ3n) is 6.58. The Bertz CT molecular complexity index is 1670. The lowest BCUT2D eigenvalue weighted by Gasteiger charge is -2.24. The van der Waals surface area contributed by atoms with E-state index >= 15 is 0 Å². The summed E-state index contributed by atoms with van der Waals surface area (Å²) in [7, 11) is 1.25. The maximum absolute atomic E-state index is 13.5. The van der Waals surface area contributed by atoms with E-state index in [9.17, 15) is 19.5 Å². The number of aliphatic hydroxyl groups is 1. The van der Waals surface area contributed by atoms with Crippen molar-refractivity contribution >= 4 is 39.9 Å². The highest BCUT2D eigenvalue weighted by atomic mass is 32.1. The molecule has 11 heteroatoms. The fourth-order valence-electron chi connectivity index (χ4n) is 4.60. The number of esters is 1. The molecule has 1 fully saturated rings. The number of anilines is 1. The molecular formula is C31H27N3O7S. The van der Waals surface area contributed by atoms with E-state index in [-0.39, 0.29) is 21.3 Å². The summed E-state index contributed by atoms with van der Waals surface area (Å²) in [5.41, 5.74) is 1.95. The van der Waals surface area contributed by atoms with Gasteiger partial charge in [-0.2, -0.15) is 0 Å². The molecule has 0 saturated carbocycles. The summed E-state index contributed by atoms with van der Waals surface area (Å²) in [6.45, 7) is 4.07. The number of thiazole rings is 1. The Hall–Kier alpha value is -5.03. The molecule has 42 heavy (non-hydrogen) atoms. The Labute approximate surface area is 245 Å². The van der Waals surface area contributed by atoms with Gasteiger partial charge < -0.3 is 19.3 Å². The Morgan fingerprint density at radius 3 is 2.45 bits per heavy atom. The molecule has 0 aliphatic carbocycles. The van der Waals surface area contributed by atoms with Crippen LogP contribution in [-0.4, -0.2) is 46.5 Å². The number of hydrogen-bond acceptors (Lipinski definition) is 10. The lowest BCUT2D eigenvalue weighted by atomic mass is 9.95. The number of methoxy groups -OCH3 is 1. The Kier molecular flexibility index (Phi) is 8.30. The van der Waals surface area contributed by atoms with Crippen LogP contribution >= 0.6 is 11.3 Å². The summed E-state index contributed by atoms with van der Waals surface area (Å²) in [6, 6.07) is 16.7. The number of ether oxygens (including phenoxy) is 3. The number of benzene rings is 2. The number of Topliss-reactive ketones (excluding diaryl/α,β-unsaturated/α-hetero) is 1. The van der Waals surface area contributed by atoms with E-state index in [1.54, 1.807) is 25.1 Å². The molecule has 1 saturated heterocycles. The number of aromatic nitrogens is 2. The molecule has 1 N–H and O–H groups in total. The molecule has 1 atom stereocenters. The topological polar surface area (TPSA) is 128 Å². The number of pyridine rings is 1. The minimum atomic E-state index is -1.09. The Morgan fingerprint density at radius 2 is 1.76 bits per heavy atom. The molecule has 0 spiro atoms. The van der Waals surface area contributed by atoms with Gasteiger partial charge in [0.15, 0.2) is 16.6 Å². The van der Waals surface area contributed by atoms with E-state index in [1.807, 2.05) is 37.3 Å². The van der Waals surface area contributed by atoms with Gasteiger partial charge in [-0.3, -0.25) is 19.5 Å². The van der Waals surface area contributed by atoms with Crippen LogP contribution in [0.25, 0.3) is 5.76 Å². The van der Waals surface area contributed by atoms with Gasteiger partial charge in [-0.05, 0) is 49.2 Å². The smallest absolute Gasteiger partial charge is 0.350 e. The molecule has 3 heterocycles. The van der Waals surface area contributed by atoms with Crippen molar-refractivity contribution in [1.29, 1.82) is 0 Å². The van der Waals surface area contributed by atoms with Gasteiger partial charge in [-0.1, -0.05) is 47.7 Å². The first-order valence-corrected chi connectivity index (χ1v) is 13.9. The van der Waals surface area contributed by atoms with Crippen LogP contribution in [0.2, 0.25) is 0 Å². The summed E-state index contributed by atoms with van der Waals surface area (Å²) < 4.78 is 16.8. The molecular weight excluding hydrogens is 558 g/mol. The minimum absolute atomic E-state index is 0.108. The molecule has 1 amide bonds. The fourth-order valence-corrected chi connectivity index (χ4v) is 5.61. The molecule has 4 aromatic rings. The number of carbonyl (C=O) groups excluding carboxylic acids is 3.